The van der Waals surface area contributed by atoms with E-state index >= 15 is 0 Å². The maximum absolute atomic E-state index is 12.6. The van der Waals surface area contributed by atoms with E-state index in [1.54, 1.807) is 12.1 Å². The Balaban J connectivity index is 2.97. The van der Waals surface area contributed by atoms with E-state index in [0.29, 0.717) is 23.4 Å². The molecule has 4 nitrogen and oxygen atoms in total. The maximum Gasteiger partial charge on any atom is 0.241 e. The van der Waals surface area contributed by atoms with Gasteiger partial charge in [-0.25, -0.2) is 13.1 Å². The third-order valence-electron chi connectivity index (χ3n) is 3.80. The van der Waals surface area contributed by atoms with E-state index in [-0.39, 0.29) is 6.04 Å². The third kappa shape index (κ3) is 5.41. The van der Waals surface area contributed by atoms with Crippen LogP contribution in [-0.4, -0.2) is 20.5 Å². The summed E-state index contributed by atoms with van der Waals surface area (Å²) in [5.74, 6) is 0.306. The SMILES string of the molecule is CCC(C)C(C)NS(=O)(=O)c1ccccc1CNC(C)C. The van der Waals surface area contributed by atoms with Crippen molar-refractivity contribution in [1.82, 2.24) is 10.0 Å². The van der Waals surface area contributed by atoms with E-state index in [1.807, 2.05) is 32.9 Å². The average molecular weight is 312 g/mol. The van der Waals surface area contributed by atoms with Crippen LogP contribution in [0, 0.1) is 5.92 Å². The first kappa shape index (κ1) is 18.1. The number of rotatable bonds is 8. The fraction of sp³-hybridized carbons (Fsp3) is 0.625. The molecule has 0 heterocycles. The molecule has 0 aliphatic heterocycles. The first-order chi connectivity index (χ1) is 9.77. The standard InChI is InChI=1S/C16H28N2O2S/c1-6-13(4)14(5)18-21(19,20)16-10-8-7-9-15(16)11-17-12(2)3/h7-10,12-14,17-18H,6,11H2,1-5H3. The molecule has 0 aromatic heterocycles. The molecule has 1 aromatic rings. The second kappa shape index (κ2) is 7.92. The predicted molar refractivity (Wildman–Crippen MR) is 87.7 cm³/mol. The molecule has 0 saturated heterocycles. The first-order valence-corrected chi connectivity index (χ1v) is 9.09. The molecular formula is C16H28N2O2S. The summed E-state index contributed by atoms with van der Waals surface area (Å²) in [5, 5.41) is 3.27. The van der Waals surface area contributed by atoms with E-state index in [0.717, 1.165) is 12.0 Å². The van der Waals surface area contributed by atoms with Crippen molar-refractivity contribution in [3.8, 4) is 0 Å². The van der Waals surface area contributed by atoms with E-state index < -0.39 is 10.0 Å². The molecule has 0 radical (unpaired) electrons. The molecule has 0 amide bonds. The Hall–Kier alpha value is -0.910. The van der Waals surface area contributed by atoms with Gasteiger partial charge in [-0.1, -0.05) is 52.3 Å². The molecule has 0 spiro atoms. The molecule has 2 N–H and O–H groups in total. The lowest BCUT2D eigenvalue weighted by Gasteiger charge is -2.21. The molecule has 0 aliphatic carbocycles. The predicted octanol–water partition coefficient (Wildman–Crippen LogP) is 2.90. The molecule has 0 fully saturated rings. The van der Waals surface area contributed by atoms with Gasteiger partial charge in [0, 0.05) is 18.6 Å². The quantitative estimate of drug-likeness (QED) is 0.776. The van der Waals surface area contributed by atoms with Gasteiger partial charge < -0.3 is 5.32 Å². The number of hydrogen-bond donors (Lipinski definition) is 2. The van der Waals surface area contributed by atoms with Crippen LogP contribution in [0.5, 0.6) is 0 Å². The molecule has 0 saturated carbocycles. The highest BCUT2D eigenvalue weighted by Crippen LogP contribution is 2.17. The summed E-state index contributed by atoms with van der Waals surface area (Å²) in [7, 11) is -3.48. The minimum Gasteiger partial charge on any atom is -0.310 e. The van der Waals surface area contributed by atoms with Crippen LogP contribution in [0.1, 0.15) is 46.6 Å². The maximum atomic E-state index is 12.6. The van der Waals surface area contributed by atoms with Gasteiger partial charge in [-0.2, -0.15) is 0 Å². The summed E-state index contributed by atoms with van der Waals surface area (Å²) in [6.45, 7) is 10.7. The second-order valence-corrected chi connectivity index (χ2v) is 7.62. The molecular weight excluding hydrogens is 284 g/mol. The van der Waals surface area contributed by atoms with Crippen molar-refractivity contribution in [1.29, 1.82) is 0 Å². The van der Waals surface area contributed by atoms with Gasteiger partial charge in [0.05, 0.1) is 4.90 Å². The van der Waals surface area contributed by atoms with Gasteiger partial charge in [-0.05, 0) is 24.5 Å². The Morgan fingerprint density at radius 1 is 1.10 bits per heavy atom. The molecule has 1 rings (SSSR count). The van der Waals surface area contributed by atoms with Crippen LogP contribution in [-0.2, 0) is 16.6 Å². The van der Waals surface area contributed by atoms with Crippen molar-refractivity contribution >= 4 is 10.0 Å². The van der Waals surface area contributed by atoms with Crippen molar-refractivity contribution in [3.63, 3.8) is 0 Å². The summed E-state index contributed by atoms with van der Waals surface area (Å²) in [5.41, 5.74) is 0.801. The zero-order valence-corrected chi connectivity index (χ0v) is 14.5. The van der Waals surface area contributed by atoms with Crippen molar-refractivity contribution in [2.75, 3.05) is 0 Å². The Bertz CT molecular complexity index is 541. The largest absolute Gasteiger partial charge is 0.310 e. The van der Waals surface area contributed by atoms with Crippen molar-refractivity contribution in [2.24, 2.45) is 5.92 Å². The highest BCUT2D eigenvalue weighted by atomic mass is 32.2. The number of hydrogen-bond acceptors (Lipinski definition) is 3. The van der Waals surface area contributed by atoms with Gasteiger partial charge in [0.1, 0.15) is 0 Å². The lowest BCUT2D eigenvalue weighted by atomic mass is 10.0. The van der Waals surface area contributed by atoms with Gasteiger partial charge >= 0.3 is 0 Å². The zero-order chi connectivity index (χ0) is 16.0. The Morgan fingerprint density at radius 3 is 2.29 bits per heavy atom. The number of benzene rings is 1. The number of nitrogens with one attached hydrogen (secondary N) is 2. The van der Waals surface area contributed by atoms with E-state index in [1.165, 1.54) is 0 Å². The molecule has 2 atom stereocenters. The monoisotopic (exact) mass is 312 g/mol. The lowest BCUT2D eigenvalue weighted by Crippen LogP contribution is -2.37. The summed E-state index contributed by atoms with van der Waals surface area (Å²) in [6, 6.07) is 7.40. The highest BCUT2D eigenvalue weighted by Gasteiger charge is 2.22. The molecule has 120 valence electrons. The van der Waals surface area contributed by atoms with Gasteiger partial charge in [-0.3, -0.25) is 0 Å². The minimum absolute atomic E-state index is 0.0777. The van der Waals surface area contributed by atoms with Crippen LogP contribution in [0.15, 0.2) is 29.2 Å². The van der Waals surface area contributed by atoms with E-state index in [4.69, 9.17) is 0 Å². The smallest absolute Gasteiger partial charge is 0.241 e. The van der Waals surface area contributed by atoms with Crippen molar-refractivity contribution in [2.45, 2.75) is 64.6 Å². The average Bonchev–Trinajstić information content (AvgIpc) is 2.43. The third-order valence-corrected chi connectivity index (χ3v) is 5.46. The molecule has 0 aliphatic rings. The summed E-state index contributed by atoms with van der Waals surface area (Å²) >= 11 is 0. The minimum atomic E-state index is -3.48. The fourth-order valence-corrected chi connectivity index (χ4v) is 3.60. The van der Waals surface area contributed by atoms with Crippen molar-refractivity contribution < 1.29 is 8.42 Å². The van der Waals surface area contributed by atoms with Crippen molar-refractivity contribution in [3.05, 3.63) is 29.8 Å². The Kier molecular flexibility index (Phi) is 6.84. The molecule has 1 aromatic carbocycles. The lowest BCUT2D eigenvalue weighted by molar-refractivity contribution is 0.433. The molecule has 5 heteroatoms. The molecule has 0 bridgehead atoms. The second-order valence-electron chi connectivity index (χ2n) is 5.94. The van der Waals surface area contributed by atoms with Crippen LogP contribution in [0.2, 0.25) is 0 Å². The molecule has 21 heavy (non-hydrogen) atoms. The molecule has 2 unspecified atom stereocenters. The van der Waals surface area contributed by atoms with Gasteiger partial charge in [0.2, 0.25) is 10.0 Å². The topological polar surface area (TPSA) is 58.2 Å². The zero-order valence-electron chi connectivity index (χ0n) is 13.7. The van der Waals surface area contributed by atoms with Gasteiger partial charge in [0.25, 0.3) is 0 Å². The van der Waals surface area contributed by atoms with Crippen LogP contribution >= 0.6 is 0 Å². The van der Waals surface area contributed by atoms with Crippen LogP contribution < -0.4 is 10.0 Å². The van der Waals surface area contributed by atoms with Crippen LogP contribution in [0.25, 0.3) is 0 Å². The summed E-state index contributed by atoms with van der Waals surface area (Å²) in [6.07, 6.45) is 0.945. The summed E-state index contributed by atoms with van der Waals surface area (Å²) < 4.78 is 28.0. The summed E-state index contributed by atoms with van der Waals surface area (Å²) in [4.78, 5) is 0.369. The Morgan fingerprint density at radius 2 is 1.71 bits per heavy atom. The van der Waals surface area contributed by atoms with E-state index in [9.17, 15) is 8.42 Å². The first-order valence-electron chi connectivity index (χ1n) is 7.61. The van der Waals surface area contributed by atoms with Gasteiger partial charge in [-0.15, -0.1) is 0 Å². The fourth-order valence-electron chi connectivity index (χ4n) is 2.00. The number of sulfonamides is 1. The van der Waals surface area contributed by atoms with Crippen LogP contribution in [0.4, 0.5) is 0 Å². The highest BCUT2D eigenvalue weighted by molar-refractivity contribution is 7.89. The van der Waals surface area contributed by atoms with Gasteiger partial charge in [0.15, 0.2) is 0 Å². The Labute approximate surface area is 129 Å². The van der Waals surface area contributed by atoms with Crippen LogP contribution in [0.3, 0.4) is 0 Å². The van der Waals surface area contributed by atoms with E-state index in [2.05, 4.69) is 23.9 Å². The normalized spacial score (nSPS) is 15.1.